The maximum atomic E-state index is 13.8. The van der Waals surface area contributed by atoms with Crippen LogP contribution in [0.3, 0.4) is 0 Å². The molecule has 222 valence electrons. The van der Waals surface area contributed by atoms with Gasteiger partial charge < -0.3 is 5.32 Å². The minimum absolute atomic E-state index is 0.150. The van der Waals surface area contributed by atoms with Crippen molar-refractivity contribution >= 4 is 46.8 Å². The molecule has 0 saturated heterocycles. The predicted octanol–water partition coefficient (Wildman–Crippen LogP) is 9.31. The van der Waals surface area contributed by atoms with Crippen molar-refractivity contribution in [2.75, 3.05) is 0 Å². The molecule has 2 atom stereocenters. The van der Waals surface area contributed by atoms with Gasteiger partial charge in [-0.1, -0.05) is 66.0 Å². The molecule has 1 amide bonds. The van der Waals surface area contributed by atoms with Crippen molar-refractivity contribution in [2.45, 2.75) is 63.3 Å². The van der Waals surface area contributed by atoms with Gasteiger partial charge in [0.1, 0.15) is 0 Å². The fourth-order valence-electron chi connectivity index (χ4n) is 3.54. The molecule has 2 N–H and O–H groups in total. The van der Waals surface area contributed by atoms with Gasteiger partial charge in [0.15, 0.2) is 0 Å². The summed E-state index contributed by atoms with van der Waals surface area (Å²) in [5.41, 5.74) is -2.01. The first-order valence-corrected chi connectivity index (χ1v) is 12.6. The quantitative estimate of drug-likeness (QED) is 0.154. The summed E-state index contributed by atoms with van der Waals surface area (Å²) >= 11 is 17.5. The molecule has 0 saturated carbocycles. The minimum atomic E-state index is -4.89. The lowest BCUT2D eigenvalue weighted by atomic mass is 9.96. The lowest BCUT2D eigenvalue weighted by Gasteiger charge is -2.21. The lowest BCUT2D eigenvalue weighted by molar-refractivity contribution is -0.144. The SMILES string of the molecule is CC[C@@H](NCc1ccc(/C=C/C(c2cc(Cl)c(Cl)c(Cl)c2)C(F)(F)F)cc1C(F)(F)F)NC(=O)CCC(F)(F)F. The van der Waals surface area contributed by atoms with Gasteiger partial charge in [-0.25, -0.2) is 0 Å². The first-order valence-electron chi connectivity index (χ1n) is 11.5. The van der Waals surface area contributed by atoms with Crippen molar-refractivity contribution in [1.82, 2.24) is 10.6 Å². The Bertz CT molecular complexity index is 1190. The van der Waals surface area contributed by atoms with E-state index in [2.05, 4.69) is 10.6 Å². The van der Waals surface area contributed by atoms with E-state index in [1.54, 1.807) is 6.92 Å². The molecule has 0 fully saturated rings. The summed E-state index contributed by atoms with van der Waals surface area (Å²) < 4.78 is 120. The van der Waals surface area contributed by atoms with E-state index in [1.165, 1.54) is 6.07 Å². The van der Waals surface area contributed by atoms with Crippen molar-refractivity contribution in [3.8, 4) is 0 Å². The molecule has 0 aromatic heterocycles. The highest BCUT2D eigenvalue weighted by Gasteiger charge is 2.39. The molecule has 0 heterocycles. The standard InChI is InChI=1S/C25H22Cl3F9N2O/c1-2-20(39-21(40)7-8-23(29,30)31)38-12-14-5-3-13(9-17(14)25(35,36)37)4-6-16(24(32,33)34)15-10-18(26)22(28)19(27)11-15/h3-6,9-11,16,20,38H,2,7-8,12H2,1H3,(H,39,40)/b6-4+/t16?,20-/m0/s1. The van der Waals surface area contributed by atoms with Gasteiger partial charge in [-0.05, 0) is 41.3 Å². The van der Waals surface area contributed by atoms with Crippen molar-refractivity contribution in [1.29, 1.82) is 0 Å². The first-order chi connectivity index (χ1) is 18.3. The molecule has 2 aromatic rings. The largest absolute Gasteiger partial charge is 0.416 e. The van der Waals surface area contributed by atoms with Crippen LogP contribution in [-0.4, -0.2) is 24.4 Å². The molecule has 0 spiro atoms. The number of hydrogen-bond acceptors (Lipinski definition) is 2. The number of amides is 1. The van der Waals surface area contributed by atoms with E-state index in [9.17, 15) is 44.3 Å². The Labute approximate surface area is 238 Å². The molecule has 0 aliphatic rings. The Morgan fingerprint density at radius 1 is 0.950 bits per heavy atom. The molecule has 2 rings (SSSR count). The number of benzene rings is 2. The number of allylic oxidation sites excluding steroid dienone is 1. The van der Waals surface area contributed by atoms with Gasteiger partial charge in [0, 0.05) is 13.0 Å². The monoisotopic (exact) mass is 642 g/mol. The summed E-state index contributed by atoms with van der Waals surface area (Å²) in [6.07, 6.45) is -15.7. The average Bonchev–Trinajstić information content (AvgIpc) is 2.82. The highest BCUT2D eigenvalue weighted by Crippen LogP contribution is 2.41. The Morgan fingerprint density at radius 3 is 2.05 bits per heavy atom. The molecule has 0 radical (unpaired) electrons. The number of nitrogens with one attached hydrogen (secondary N) is 2. The van der Waals surface area contributed by atoms with Crippen LogP contribution in [0.4, 0.5) is 39.5 Å². The third-order valence-electron chi connectivity index (χ3n) is 5.56. The Balaban J connectivity index is 2.27. The first kappa shape index (κ1) is 34.1. The van der Waals surface area contributed by atoms with Crippen LogP contribution in [0.1, 0.15) is 54.4 Å². The maximum Gasteiger partial charge on any atom is 0.416 e. The average molecular weight is 644 g/mol. The fraction of sp³-hybridized carbons (Fsp3) is 0.400. The van der Waals surface area contributed by atoms with Gasteiger partial charge in [0.05, 0.1) is 39.1 Å². The summed E-state index contributed by atoms with van der Waals surface area (Å²) in [6, 6.07) is 4.79. The Morgan fingerprint density at radius 2 is 1.55 bits per heavy atom. The summed E-state index contributed by atoms with van der Waals surface area (Å²) in [6.45, 7) is 1.11. The van der Waals surface area contributed by atoms with Crippen molar-refractivity contribution < 1.29 is 44.3 Å². The highest BCUT2D eigenvalue weighted by molar-refractivity contribution is 6.48. The molecule has 0 aliphatic heterocycles. The van der Waals surface area contributed by atoms with Crippen LogP contribution < -0.4 is 10.6 Å². The number of carbonyl (C=O) groups is 1. The van der Waals surface area contributed by atoms with Crippen LogP contribution in [0, 0.1) is 0 Å². The predicted molar refractivity (Wildman–Crippen MR) is 135 cm³/mol. The van der Waals surface area contributed by atoms with Crippen LogP contribution in [0.5, 0.6) is 0 Å². The smallest absolute Gasteiger partial charge is 0.341 e. The molecule has 1 unspecified atom stereocenters. The molecule has 40 heavy (non-hydrogen) atoms. The zero-order chi connectivity index (χ0) is 30.5. The van der Waals surface area contributed by atoms with E-state index in [-0.39, 0.29) is 38.2 Å². The topological polar surface area (TPSA) is 41.1 Å². The van der Waals surface area contributed by atoms with Crippen LogP contribution in [0.2, 0.25) is 15.1 Å². The maximum absolute atomic E-state index is 13.8. The van der Waals surface area contributed by atoms with Gasteiger partial charge in [-0.3, -0.25) is 10.1 Å². The Kier molecular flexibility index (Phi) is 11.6. The van der Waals surface area contributed by atoms with Crippen LogP contribution in [0.15, 0.2) is 36.4 Å². The molecule has 2 aromatic carbocycles. The summed E-state index contributed by atoms with van der Waals surface area (Å²) in [5.74, 6) is -3.20. The molecule has 3 nitrogen and oxygen atoms in total. The summed E-state index contributed by atoms with van der Waals surface area (Å²) in [5, 5.41) is 4.30. The second-order valence-corrected chi connectivity index (χ2v) is 9.81. The number of alkyl halides is 9. The fourth-order valence-corrected chi connectivity index (χ4v) is 4.15. The third-order valence-corrected chi connectivity index (χ3v) is 6.75. The number of rotatable bonds is 10. The van der Waals surface area contributed by atoms with Gasteiger partial charge in [0.25, 0.3) is 0 Å². The molecule has 0 bridgehead atoms. The van der Waals surface area contributed by atoms with Crippen molar-refractivity contribution in [3.63, 3.8) is 0 Å². The minimum Gasteiger partial charge on any atom is -0.341 e. The van der Waals surface area contributed by atoms with Crippen molar-refractivity contribution in [2.24, 2.45) is 0 Å². The van der Waals surface area contributed by atoms with Crippen LogP contribution >= 0.6 is 34.8 Å². The van der Waals surface area contributed by atoms with Gasteiger partial charge >= 0.3 is 18.5 Å². The second-order valence-electron chi connectivity index (χ2n) is 8.62. The number of halogens is 12. The molecule has 15 heteroatoms. The van der Waals surface area contributed by atoms with E-state index >= 15 is 0 Å². The molecular weight excluding hydrogens is 622 g/mol. The zero-order valence-corrected chi connectivity index (χ0v) is 22.7. The third kappa shape index (κ3) is 10.4. The molecule has 0 aliphatic carbocycles. The normalized spacial score (nSPS) is 14.4. The molecular formula is C25H22Cl3F9N2O. The summed E-state index contributed by atoms with van der Waals surface area (Å²) in [4.78, 5) is 11.8. The van der Waals surface area contributed by atoms with Gasteiger partial charge in [-0.15, -0.1) is 0 Å². The van der Waals surface area contributed by atoms with E-state index in [0.717, 1.165) is 24.3 Å². The summed E-state index contributed by atoms with van der Waals surface area (Å²) in [7, 11) is 0. The van der Waals surface area contributed by atoms with Crippen molar-refractivity contribution in [3.05, 3.63) is 73.7 Å². The Hall–Kier alpha value is -2.15. The number of carbonyl (C=O) groups excluding carboxylic acids is 1. The lowest BCUT2D eigenvalue weighted by Crippen LogP contribution is -2.45. The van der Waals surface area contributed by atoms with Gasteiger partial charge in [0.2, 0.25) is 5.91 Å². The highest BCUT2D eigenvalue weighted by atomic mass is 35.5. The van der Waals surface area contributed by atoms with E-state index in [1.807, 2.05) is 0 Å². The van der Waals surface area contributed by atoms with E-state index < -0.39 is 61.5 Å². The van der Waals surface area contributed by atoms with Crippen LogP contribution in [0.25, 0.3) is 6.08 Å². The van der Waals surface area contributed by atoms with Crippen LogP contribution in [-0.2, 0) is 17.5 Å². The van der Waals surface area contributed by atoms with E-state index in [4.69, 9.17) is 34.8 Å². The van der Waals surface area contributed by atoms with E-state index in [0.29, 0.717) is 12.1 Å². The second kappa shape index (κ2) is 13.7. The zero-order valence-electron chi connectivity index (χ0n) is 20.5. The number of hydrogen-bond donors (Lipinski definition) is 2. The van der Waals surface area contributed by atoms with Gasteiger partial charge in [-0.2, -0.15) is 39.5 Å².